The van der Waals surface area contributed by atoms with Crippen LogP contribution in [0.25, 0.3) is 0 Å². The predicted molar refractivity (Wildman–Crippen MR) is 104 cm³/mol. The molecule has 0 aromatic carbocycles. The van der Waals surface area contributed by atoms with Gasteiger partial charge in [0.1, 0.15) is 17.7 Å². The van der Waals surface area contributed by atoms with E-state index in [0.717, 1.165) is 0 Å². The van der Waals surface area contributed by atoms with Crippen molar-refractivity contribution >= 4 is 35.7 Å². The summed E-state index contributed by atoms with van der Waals surface area (Å²) in [5.74, 6) is -0.866. The molecule has 1 unspecified atom stereocenters. The molecule has 4 atom stereocenters. The first-order chi connectivity index (χ1) is 12.9. The van der Waals surface area contributed by atoms with E-state index in [1.54, 1.807) is 20.8 Å². The number of rotatable bonds is 8. The molecule has 1 aliphatic heterocycles. The Bertz CT molecular complexity index is 591. The van der Waals surface area contributed by atoms with Crippen molar-refractivity contribution in [2.45, 2.75) is 52.3 Å². The first-order valence-electron chi connectivity index (χ1n) is 9.06. The summed E-state index contributed by atoms with van der Waals surface area (Å²) in [6.45, 7) is 8.93. The second-order valence-corrected chi connectivity index (χ2v) is 8.78. The fraction of sp³-hybridized carbons (Fsp3) is 0.778. The van der Waals surface area contributed by atoms with Crippen LogP contribution in [0.1, 0.15) is 34.6 Å². The molecule has 0 aliphatic carbocycles. The van der Waals surface area contributed by atoms with Crippen LogP contribution < -0.4 is 10.6 Å². The molecular weight excluding hydrogens is 388 g/mol. The highest BCUT2D eigenvalue weighted by atomic mass is 32.2. The molecule has 1 aliphatic rings. The molecule has 2 N–H and O–H groups in total. The van der Waals surface area contributed by atoms with E-state index in [-0.39, 0.29) is 23.6 Å². The highest BCUT2D eigenvalue weighted by molar-refractivity contribution is 7.99. The van der Waals surface area contributed by atoms with Crippen LogP contribution in [0.5, 0.6) is 0 Å². The molecule has 28 heavy (non-hydrogen) atoms. The maximum absolute atomic E-state index is 12.5. The Balaban J connectivity index is 2.70. The summed E-state index contributed by atoms with van der Waals surface area (Å²) in [4.78, 5) is 47.9. The zero-order valence-electron chi connectivity index (χ0n) is 17.2. The minimum Gasteiger partial charge on any atom is -0.467 e. The molecule has 160 valence electrons. The smallest absolute Gasteiger partial charge is 0.408 e. The lowest BCUT2D eigenvalue weighted by Gasteiger charge is -2.24. The molecule has 0 saturated carbocycles. The highest BCUT2D eigenvalue weighted by Gasteiger charge is 2.34. The van der Waals surface area contributed by atoms with Gasteiger partial charge in [-0.05, 0) is 27.7 Å². The van der Waals surface area contributed by atoms with E-state index in [9.17, 15) is 19.2 Å². The standard InChI is InChI=1S/C18H30N2O7S/c1-10-7-26-16(23)12(10)8-28-9-13(20-17(24)27-18(3,4)5)14(21)19-11(2)15(22)25-6/h10-13H,7-9H2,1-6H3,(H,19,21)(H,20,24)/t10-,11-,12?,13+/m0/s1. The minimum absolute atomic E-state index is 0.102. The third-order valence-electron chi connectivity index (χ3n) is 3.98. The van der Waals surface area contributed by atoms with E-state index in [0.29, 0.717) is 12.4 Å². The molecule has 2 amide bonds. The number of hydrogen-bond acceptors (Lipinski definition) is 8. The quantitative estimate of drug-likeness (QED) is 0.444. The van der Waals surface area contributed by atoms with Gasteiger partial charge in [0, 0.05) is 17.4 Å². The zero-order valence-corrected chi connectivity index (χ0v) is 18.0. The van der Waals surface area contributed by atoms with E-state index in [4.69, 9.17) is 9.47 Å². The van der Waals surface area contributed by atoms with Crippen LogP contribution in [-0.2, 0) is 28.6 Å². The second kappa shape index (κ2) is 10.5. The third kappa shape index (κ3) is 7.95. The van der Waals surface area contributed by atoms with Crippen LogP contribution in [0.4, 0.5) is 4.79 Å². The van der Waals surface area contributed by atoms with Gasteiger partial charge in [-0.1, -0.05) is 6.92 Å². The van der Waals surface area contributed by atoms with Crippen molar-refractivity contribution in [3.05, 3.63) is 0 Å². The molecule has 0 spiro atoms. The fourth-order valence-electron chi connectivity index (χ4n) is 2.40. The number of thioether (sulfide) groups is 1. The van der Waals surface area contributed by atoms with Crippen LogP contribution in [-0.4, -0.2) is 66.8 Å². The maximum Gasteiger partial charge on any atom is 0.408 e. The summed E-state index contributed by atoms with van der Waals surface area (Å²) >= 11 is 1.35. The summed E-state index contributed by atoms with van der Waals surface area (Å²) < 4.78 is 14.8. The summed E-state index contributed by atoms with van der Waals surface area (Å²) in [5.41, 5.74) is -0.722. The number of carbonyl (C=O) groups excluding carboxylic acids is 4. The van der Waals surface area contributed by atoms with Crippen molar-refractivity contribution in [1.29, 1.82) is 0 Å². The van der Waals surface area contributed by atoms with Gasteiger partial charge < -0.3 is 24.8 Å². The number of hydrogen-bond donors (Lipinski definition) is 2. The molecule has 0 radical (unpaired) electrons. The summed E-state index contributed by atoms with van der Waals surface area (Å²) in [5, 5.41) is 5.03. The monoisotopic (exact) mass is 418 g/mol. The van der Waals surface area contributed by atoms with Crippen molar-refractivity contribution in [2.24, 2.45) is 11.8 Å². The molecule has 1 fully saturated rings. The van der Waals surface area contributed by atoms with E-state index in [1.807, 2.05) is 6.92 Å². The molecule has 1 saturated heterocycles. The minimum atomic E-state index is -0.945. The van der Waals surface area contributed by atoms with Crippen LogP contribution in [0.3, 0.4) is 0 Å². The number of methoxy groups -OCH3 is 1. The molecule has 0 aromatic rings. The van der Waals surface area contributed by atoms with Gasteiger partial charge >= 0.3 is 18.0 Å². The van der Waals surface area contributed by atoms with Gasteiger partial charge in [-0.2, -0.15) is 11.8 Å². The molecular formula is C18H30N2O7S. The number of amides is 2. The van der Waals surface area contributed by atoms with Crippen LogP contribution >= 0.6 is 11.8 Å². The first kappa shape index (κ1) is 24.1. The lowest BCUT2D eigenvalue weighted by Crippen LogP contribution is -2.53. The Hall–Kier alpha value is -1.97. The number of carbonyl (C=O) groups is 4. The van der Waals surface area contributed by atoms with Gasteiger partial charge in [-0.3, -0.25) is 9.59 Å². The Labute approximate surface area is 169 Å². The average molecular weight is 419 g/mol. The Morgan fingerprint density at radius 2 is 1.93 bits per heavy atom. The van der Waals surface area contributed by atoms with E-state index in [2.05, 4.69) is 15.4 Å². The predicted octanol–water partition coefficient (Wildman–Crippen LogP) is 1.10. The fourth-order valence-corrected chi connectivity index (χ4v) is 3.72. The van der Waals surface area contributed by atoms with E-state index < -0.39 is 35.7 Å². The van der Waals surface area contributed by atoms with Crippen molar-refractivity contribution in [2.75, 3.05) is 25.2 Å². The topological polar surface area (TPSA) is 120 Å². The number of cyclic esters (lactones) is 1. The van der Waals surface area contributed by atoms with Crippen molar-refractivity contribution in [3.63, 3.8) is 0 Å². The number of nitrogens with one attached hydrogen (secondary N) is 2. The number of alkyl carbamates (subject to hydrolysis) is 1. The average Bonchev–Trinajstić information content (AvgIpc) is 2.90. The van der Waals surface area contributed by atoms with Gasteiger partial charge in [0.25, 0.3) is 0 Å². The normalized spacial score (nSPS) is 21.3. The van der Waals surface area contributed by atoms with Gasteiger partial charge in [-0.25, -0.2) is 9.59 Å². The Kier molecular flexibility index (Phi) is 9.06. The Morgan fingerprint density at radius 1 is 1.29 bits per heavy atom. The molecule has 9 nitrogen and oxygen atoms in total. The van der Waals surface area contributed by atoms with Gasteiger partial charge in [0.2, 0.25) is 5.91 Å². The molecule has 1 rings (SSSR count). The van der Waals surface area contributed by atoms with Crippen molar-refractivity contribution < 1.29 is 33.4 Å². The second-order valence-electron chi connectivity index (χ2n) is 7.70. The van der Waals surface area contributed by atoms with Crippen LogP contribution in [0, 0.1) is 11.8 Å². The maximum atomic E-state index is 12.5. The lowest BCUT2D eigenvalue weighted by molar-refractivity contribution is -0.144. The van der Waals surface area contributed by atoms with E-state index >= 15 is 0 Å². The molecule has 0 bridgehead atoms. The third-order valence-corrected chi connectivity index (χ3v) is 5.14. The number of ether oxygens (including phenoxy) is 3. The largest absolute Gasteiger partial charge is 0.467 e. The highest BCUT2D eigenvalue weighted by Crippen LogP contribution is 2.25. The SMILES string of the molecule is COC(=O)[C@H](C)NC(=O)[C@@H](CSCC1C(=O)OC[C@@H]1C)NC(=O)OC(C)(C)C. The Morgan fingerprint density at radius 3 is 2.43 bits per heavy atom. The summed E-state index contributed by atoms with van der Waals surface area (Å²) in [7, 11) is 1.22. The van der Waals surface area contributed by atoms with Gasteiger partial charge in [-0.15, -0.1) is 0 Å². The zero-order chi connectivity index (χ0) is 21.5. The van der Waals surface area contributed by atoms with Gasteiger partial charge in [0.15, 0.2) is 0 Å². The molecule has 0 aromatic heterocycles. The van der Waals surface area contributed by atoms with Crippen LogP contribution in [0.15, 0.2) is 0 Å². The molecule has 1 heterocycles. The lowest BCUT2D eigenvalue weighted by atomic mass is 10.0. The van der Waals surface area contributed by atoms with Gasteiger partial charge in [0.05, 0.1) is 19.6 Å². The molecule has 10 heteroatoms. The summed E-state index contributed by atoms with van der Waals surface area (Å²) in [6.07, 6.45) is -0.743. The number of esters is 2. The van der Waals surface area contributed by atoms with Crippen LogP contribution in [0.2, 0.25) is 0 Å². The van der Waals surface area contributed by atoms with Crippen molar-refractivity contribution in [1.82, 2.24) is 10.6 Å². The van der Waals surface area contributed by atoms with E-state index in [1.165, 1.54) is 25.8 Å². The summed E-state index contributed by atoms with van der Waals surface area (Å²) in [6, 6.07) is -1.81. The first-order valence-corrected chi connectivity index (χ1v) is 10.2. The van der Waals surface area contributed by atoms with Crippen molar-refractivity contribution in [3.8, 4) is 0 Å².